The molecule has 17 heavy (non-hydrogen) atoms. The molecule has 0 aromatic carbocycles. The molecule has 0 radical (unpaired) electrons. The van der Waals surface area contributed by atoms with Crippen LogP contribution in [-0.4, -0.2) is 34.0 Å². The van der Waals surface area contributed by atoms with Crippen LogP contribution in [0.5, 0.6) is 0 Å². The lowest BCUT2D eigenvalue weighted by Crippen LogP contribution is -2.47. The molecule has 0 aliphatic carbocycles. The molecule has 90 valence electrons. The second-order valence-electron chi connectivity index (χ2n) is 3.49. The lowest BCUT2D eigenvalue weighted by Gasteiger charge is -2.18. The number of imidazole rings is 1. The summed E-state index contributed by atoms with van der Waals surface area (Å²) in [6.45, 7) is 0. The minimum atomic E-state index is -1.64. The van der Waals surface area contributed by atoms with Gasteiger partial charge in [-0.1, -0.05) is 5.11 Å². The van der Waals surface area contributed by atoms with E-state index in [1.165, 1.54) is 6.33 Å². The second kappa shape index (κ2) is 4.39. The van der Waals surface area contributed by atoms with Gasteiger partial charge < -0.3 is 15.5 Å². The molecule has 5 N–H and O–H groups in total. The van der Waals surface area contributed by atoms with Crippen molar-refractivity contribution in [2.24, 2.45) is 26.9 Å². The first-order valence-corrected chi connectivity index (χ1v) is 4.80. The number of aromatic amines is 1. The lowest BCUT2D eigenvalue weighted by atomic mass is 10.2. The van der Waals surface area contributed by atoms with Crippen LogP contribution >= 0.6 is 0 Å². The minimum absolute atomic E-state index is 0.267. The van der Waals surface area contributed by atoms with Crippen molar-refractivity contribution in [3.8, 4) is 0 Å². The van der Waals surface area contributed by atoms with E-state index < -0.39 is 17.9 Å². The monoisotopic (exact) mass is 237 g/mol. The first kappa shape index (κ1) is 11.4. The van der Waals surface area contributed by atoms with E-state index in [1.807, 2.05) is 0 Å². The van der Waals surface area contributed by atoms with Crippen molar-refractivity contribution in [1.29, 1.82) is 0 Å². The lowest BCUT2D eigenvalue weighted by molar-refractivity contribution is -0.153. The Kier molecular flexibility index (Phi) is 2.93. The van der Waals surface area contributed by atoms with Crippen molar-refractivity contribution < 1.29 is 9.53 Å². The normalized spacial score (nSPS) is 23.9. The van der Waals surface area contributed by atoms with Gasteiger partial charge in [0.15, 0.2) is 0 Å². The summed E-state index contributed by atoms with van der Waals surface area (Å²) >= 11 is 0. The molecule has 0 saturated heterocycles. The summed E-state index contributed by atoms with van der Waals surface area (Å²) in [4.78, 5) is 18.2. The quantitative estimate of drug-likeness (QED) is 0.449. The van der Waals surface area contributed by atoms with E-state index in [4.69, 9.17) is 16.2 Å². The number of hydrogen-bond acceptors (Lipinski definition) is 8. The van der Waals surface area contributed by atoms with Crippen molar-refractivity contribution in [3.63, 3.8) is 0 Å². The van der Waals surface area contributed by atoms with Gasteiger partial charge in [0, 0.05) is 18.3 Å². The zero-order chi connectivity index (χ0) is 12.3. The minimum Gasteiger partial charge on any atom is -0.415 e. The first-order chi connectivity index (χ1) is 8.09. The van der Waals surface area contributed by atoms with Crippen LogP contribution in [0.15, 0.2) is 28.0 Å². The fourth-order valence-corrected chi connectivity index (χ4v) is 1.23. The molecule has 1 aliphatic heterocycles. The highest BCUT2D eigenvalue weighted by atomic mass is 16.6. The Morgan fingerprint density at radius 1 is 1.65 bits per heavy atom. The average Bonchev–Trinajstić information content (AvgIpc) is 2.90. The van der Waals surface area contributed by atoms with Gasteiger partial charge in [0.05, 0.1) is 6.33 Å². The molecule has 1 aromatic rings. The fraction of sp³-hybridized carbons (Fsp3) is 0.375. The van der Waals surface area contributed by atoms with Gasteiger partial charge in [-0.2, -0.15) is 0 Å². The topological polar surface area (TPSA) is 144 Å². The summed E-state index contributed by atoms with van der Waals surface area (Å²) in [5, 5.41) is 10.1. The molecule has 1 aromatic heterocycles. The number of nitrogens with one attached hydrogen (secondary N) is 1. The first-order valence-electron chi connectivity index (χ1n) is 4.80. The van der Waals surface area contributed by atoms with Crippen LogP contribution in [0.2, 0.25) is 0 Å². The van der Waals surface area contributed by atoms with Crippen LogP contribution in [0.4, 0.5) is 0 Å². The standard InChI is InChI=1S/C8H11N7O2/c9-6(1-5-2-11-4-12-5)7(16)17-8(10)3-13-15-14-8/h2-4,6H,1,9-10H2,(H,11,12)/t6-,8?/m0/s1. The molecule has 1 aliphatic rings. The predicted octanol–water partition coefficient (Wildman–Crippen LogP) is -1.11. The number of nitrogens with zero attached hydrogens (tertiary/aromatic N) is 4. The third-order valence-corrected chi connectivity index (χ3v) is 2.06. The number of nitrogens with two attached hydrogens (primary N) is 2. The van der Waals surface area contributed by atoms with E-state index >= 15 is 0 Å². The molecular weight excluding hydrogens is 226 g/mol. The molecule has 0 fully saturated rings. The SMILES string of the molecule is N[C@@H](Cc1cnc[nH]1)C(=O)OC1(N)C=NN=N1. The predicted molar refractivity (Wildman–Crippen MR) is 56.6 cm³/mol. The van der Waals surface area contributed by atoms with Gasteiger partial charge in [0.25, 0.3) is 0 Å². The van der Waals surface area contributed by atoms with Crippen LogP contribution in [0, 0.1) is 0 Å². The Labute approximate surface area is 95.9 Å². The maximum Gasteiger partial charge on any atom is 0.326 e. The molecule has 0 amide bonds. The maximum absolute atomic E-state index is 11.6. The summed E-state index contributed by atoms with van der Waals surface area (Å²) in [5.41, 5.74) is 11.9. The Morgan fingerprint density at radius 2 is 2.47 bits per heavy atom. The number of ether oxygens (including phenoxy) is 1. The molecule has 2 heterocycles. The number of hydrogen-bond donors (Lipinski definition) is 3. The zero-order valence-electron chi connectivity index (χ0n) is 8.78. The summed E-state index contributed by atoms with van der Waals surface area (Å²) < 4.78 is 4.88. The molecule has 0 saturated carbocycles. The van der Waals surface area contributed by atoms with E-state index in [9.17, 15) is 4.79 Å². The molecular formula is C8H11N7O2. The third kappa shape index (κ3) is 2.71. The van der Waals surface area contributed by atoms with Gasteiger partial charge >= 0.3 is 11.8 Å². The van der Waals surface area contributed by atoms with Crippen molar-refractivity contribution in [2.75, 3.05) is 0 Å². The van der Waals surface area contributed by atoms with Gasteiger partial charge in [-0.3, -0.25) is 10.5 Å². The number of rotatable bonds is 4. The smallest absolute Gasteiger partial charge is 0.326 e. The molecule has 0 spiro atoms. The van der Waals surface area contributed by atoms with Crippen LogP contribution in [-0.2, 0) is 16.0 Å². The Bertz CT molecular complexity index is 440. The molecule has 9 nitrogen and oxygen atoms in total. The van der Waals surface area contributed by atoms with Crippen molar-refractivity contribution in [1.82, 2.24) is 9.97 Å². The number of aromatic nitrogens is 2. The highest BCUT2D eigenvalue weighted by Gasteiger charge is 2.32. The summed E-state index contributed by atoms with van der Waals surface area (Å²) in [5.74, 6) is -2.32. The molecule has 0 bridgehead atoms. The van der Waals surface area contributed by atoms with Crippen LogP contribution in [0.25, 0.3) is 0 Å². The summed E-state index contributed by atoms with van der Waals surface area (Å²) in [7, 11) is 0. The van der Waals surface area contributed by atoms with Crippen molar-refractivity contribution in [3.05, 3.63) is 18.2 Å². The van der Waals surface area contributed by atoms with Crippen LogP contribution in [0.1, 0.15) is 5.69 Å². The summed E-state index contributed by atoms with van der Waals surface area (Å²) in [6, 6.07) is -0.861. The van der Waals surface area contributed by atoms with Gasteiger partial charge in [-0.05, 0) is 5.22 Å². The van der Waals surface area contributed by atoms with Crippen molar-refractivity contribution in [2.45, 2.75) is 18.3 Å². The van der Waals surface area contributed by atoms with Gasteiger partial charge in [-0.25, -0.2) is 4.98 Å². The third-order valence-electron chi connectivity index (χ3n) is 2.06. The summed E-state index contributed by atoms with van der Waals surface area (Å²) in [6.07, 6.45) is 4.45. The highest BCUT2D eigenvalue weighted by Crippen LogP contribution is 2.11. The van der Waals surface area contributed by atoms with Crippen LogP contribution in [0.3, 0.4) is 0 Å². The Morgan fingerprint density at radius 3 is 3.06 bits per heavy atom. The van der Waals surface area contributed by atoms with E-state index in [0.717, 1.165) is 11.9 Å². The molecule has 2 atom stereocenters. The largest absolute Gasteiger partial charge is 0.415 e. The second-order valence-corrected chi connectivity index (χ2v) is 3.49. The fourth-order valence-electron chi connectivity index (χ4n) is 1.23. The van der Waals surface area contributed by atoms with E-state index in [-0.39, 0.29) is 6.42 Å². The van der Waals surface area contributed by atoms with Crippen molar-refractivity contribution >= 4 is 12.2 Å². The Hall–Kier alpha value is -2.13. The molecule has 2 rings (SSSR count). The van der Waals surface area contributed by atoms with E-state index in [0.29, 0.717) is 0 Å². The number of esters is 1. The van der Waals surface area contributed by atoms with E-state index in [2.05, 4.69) is 25.4 Å². The van der Waals surface area contributed by atoms with Gasteiger partial charge in [-0.15, -0.1) is 5.10 Å². The maximum atomic E-state index is 11.6. The number of carbonyl (C=O) groups is 1. The number of H-pyrrole nitrogens is 1. The zero-order valence-corrected chi connectivity index (χ0v) is 8.78. The van der Waals surface area contributed by atoms with E-state index in [1.54, 1.807) is 6.20 Å². The number of carbonyl (C=O) groups excluding carboxylic acids is 1. The average molecular weight is 237 g/mol. The molecule has 9 heteroatoms. The highest BCUT2D eigenvalue weighted by molar-refractivity contribution is 5.80. The Balaban J connectivity index is 1.92. The molecule has 1 unspecified atom stereocenters. The van der Waals surface area contributed by atoms with Gasteiger partial charge in [0.2, 0.25) is 0 Å². The van der Waals surface area contributed by atoms with Crippen LogP contribution < -0.4 is 11.5 Å². The van der Waals surface area contributed by atoms with Gasteiger partial charge in [0.1, 0.15) is 12.3 Å².